The number of aryl methyl sites for hydroxylation is 1. The van der Waals surface area contributed by atoms with Gasteiger partial charge < -0.3 is 9.88 Å². The average Bonchev–Trinajstić information content (AvgIpc) is 3.31. The number of amides is 1. The molecule has 0 aliphatic heterocycles. The van der Waals surface area contributed by atoms with Gasteiger partial charge in [0.25, 0.3) is 5.91 Å². The number of rotatable bonds is 7. The van der Waals surface area contributed by atoms with Gasteiger partial charge in [-0.05, 0) is 60.5 Å². The number of carbonyl (C=O) groups excluding carboxylic acids is 1. The van der Waals surface area contributed by atoms with Crippen LogP contribution >= 0.6 is 22.9 Å². The zero-order valence-corrected chi connectivity index (χ0v) is 17.8. The zero-order valence-electron chi connectivity index (χ0n) is 16.3. The van der Waals surface area contributed by atoms with Crippen molar-refractivity contribution < 1.29 is 4.79 Å². The normalized spacial score (nSPS) is 12.2. The van der Waals surface area contributed by atoms with E-state index >= 15 is 0 Å². The number of halogens is 1. The SMILES string of the molecule is C[C@H](CCc1ccccc1)NC(=O)c1cc2sccc2n1Cc1ccc(Cl)cc1. The van der Waals surface area contributed by atoms with Gasteiger partial charge in [-0.15, -0.1) is 11.3 Å². The second kappa shape index (κ2) is 8.85. The van der Waals surface area contributed by atoms with Gasteiger partial charge in [0.1, 0.15) is 5.69 Å². The quantitative estimate of drug-likeness (QED) is 0.380. The Balaban J connectivity index is 1.49. The first kappa shape index (κ1) is 19.7. The lowest BCUT2D eigenvalue weighted by molar-refractivity contribution is 0.0930. The summed E-state index contributed by atoms with van der Waals surface area (Å²) >= 11 is 7.67. The molecule has 29 heavy (non-hydrogen) atoms. The van der Waals surface area contributed by atoms with Crippen LogP contribution < -0.4 is 5.32 Å². The summed E-state index contributed by atoms with van der Waals surface area (Å²) in [6, 6.07) is 22.3. The lowest BCUT2D eigenvalue weighted by Crippen LogP contribution is -2.34. The van der Waals surface area contributed by atoms with Crippen molar-refractivity contribution in [3.05, 3.63) is 94.0 Å². The molecule has 4 aromatic rings. The van der Waals surface area contributed by atoms with E-state index in [1.807, 2.05) is 36.4 Å². The van der Waals surface area contributed by atoms with Crippen LogP contribution in [-0.4, -0.2) is 16.5 Å². The van der Waals surface area contributed by atoms with E-state index in [1.54, 1.807) is 11.3 Å². The maximum Gasteiger partial charge on any atom is 0.268 e. The van der Waals surface area contributed by atoms with Crippen LogP contribution in [-0.2, 0) is 13.0 Å². The lowest BCUT2D eigenvalue weighted by Gasteiger charge is -2.16. The molecular formula is C24H23ClN2OS. The number of thiophene rings is 1. The Morgan fingerprint density at radius 1 is 1.07 bits per heavy atom. The van der Waals surface area contributed by atoms with Crippen molar-refractivity contribution in [1.29, 1.82) is 0 Å². The molecule has 1 N–H and O–H groups in total. The molecule has 0 saturated carbocycles. The van der Waals surface area contributed by atoms with Crippen LogP contribution in [0.4, 0.5) is 0 Å². The molecule has 1 amide bonds. The Morgan fingerprint density at radius 2 is 1.83 bits per heavy atom. The number of nitrogens with zero attached hydrogens (tertiary/aromatic N) is 1. The van der Waals surface area contributed by atoms with Crippen LogP contribution in [0.1, 0.15) is 35.0 Å². The largest absolute Gasteiger partial charge is 0.348 e. The zero-order chi connectivity index (χ0) is 20.2. The van der Waals surface area contributed by atoms with Gasteiger partial charge in [-0.3, -0.25) is 4.79 Å². The second-order valence-electron chi connectivity index (χ2n) is 7.31. The summed E-state index contributed by atoms with van der Waals surface area (Å²) in [6.07, 6.45) is 1.85. The third kappa shape index (κ3) is 4.72. The van der Waals surface area contributed by atoms with Crippen molar-refractivity contribution in [3.8, 4) is 0 Å². The molecule has 0 aliphatic carbocycles. The summed E-state index contributed by atoms with van der Waals surface area (Å²) in [5, 5.41) is 5.95. The summed E-state index contributed by atoms with van der Waals surface area (Å²) in [7, 11) is 0. The van der Waals surface area contributed by atoms with Gasteiger partial charge in [0.15, 0.2) is 0 Å². The molecule has 4 rings (SSSR count). The highest BCUT2D eigenvalue weighted by atomic mass is 35.5. The average molecular weight is 423 g/mol. The molecule has 2 aromatic heterocycles. The van der Waals surface area contributed by atoms with Gasteiger partial charge in [-0.2, -0.15) is 0 Å². The fourth-order valence-electron chi connectivity index (χ4n) is 3.51. The summed E-state index contributed by atoms with van der Waals surface area (Å²) in [5.41, 5.74) is 4.20. The topological polar surface area (TPSA) is 34.0 Å². The van der Waals surface area contributed by atoms with Gasteiger partial charge in [0, 0.05) is 17.6 Å². The molecule has 2 heterocycles. The van der Waals surface area contributed by atoms with Crippen LogP contribution in [0, 0.1) is 0 Å². The molecule has 5 heteroatoms. The molecule has 0 fully saturated rings. The monoisotopic (exact) mass is 422 g/mol. The molecule has 1 atom stereocenters. The molecule has 0 spiro atoms. The van der Waals surface area contributed by atoms with E-state index in [4.69, 9.17) is 11.6 Å². The van der Waals surface area contributed by atoms with Crippen molar-refractivity contribution in [2.24, 2.45) is 0 Å². The highest BCUT2D eigenvalue weighted by Crippen LogP contribution is 2.26. The predicted molar refractivity (Wildman–Crippen MR) is 122 cm³/mol. The van der Waals surface area contributed by atoms with Crippen LogP contribution in [0.3, 0.4) is 0 Å². The Bertz CT molecular complexity index is 1100. The standard InChI is InChI=1S/C24H23ClN2OS/c1-17(7-8-18-5-3-2-4-6-18)26-24(28)22-15-23-21(13-14-29-23)27(22)16-19-9-11-20(25)12-10-19/h2-6,9-15,17H,7-8,16H2,1H3,(H,26,28)/t17-/m1/s1. The van der Waals surface area contributed by atoms with Crippen molar-refractivity contribution in [2.75, 3.05) is 0 Å². The summed E-state index contributed by atoms with van der Waals surface area (Å²) in [6.45, 7) is 2.70. The lowest BCUT2D eigenvalue weighted by atomic mass is 10.1. The molecule has 0 bridgehead atoms. The number of aromatic nitrogens is 1. The van der Waals surface area contributed by atoms with Crippen LogP contribution in [0.2, 0.25) is 5.02 Å². The van der Waals surface area contributed by atoms with E-state index in [-0.39, 0.29) is 11.9 Å². The van der Waals surface area contributed by atoms with Crippen molar-refractivity contribution in [1.82, 2.24) is 9.88 Å². The number of fused-ring (bicyclic) bond motifs is 1. The third-order valence-electron chi connectivity index (χ3n) is 5.10. The van der Waals surface area contributed by atoms with E-state index in [0.717, 1.165) is 28.6 Å². The molecule has 3 nitrogen and oxygen atoms in total. The number of hydrogen-bond acceptors (Lipinski definition) is 2. The van der Waals surface area contributed by atoms with Crippen LogP contribution in [0.25, 0.3) is 10.2 Å². The van der Waals surface area contributed by atoms with E-state index in [9.17, 15) is 4.79 Å². The molecule has 0 unspecified atom stereocenters. The van der Waals surface area contributed by atoms with E-state index in [1.165, 1.54) is 5.56 Å². The number of carbonyl (C=O) groups is 1. The van der Waals surface area contributed by atoms with Crippen molar-refractivity contribution >= 4 is 39.1 Å². The third-order valence-corrected chi connectivity index (χ3v) is 6.20. The first-order valence-corrected chi connectivity index (χ1v) is 11.0. The Kier molecular flexibility index (Phi) is 6.02. The summed E-state index contributed by atoms with van der Waals surface area (Å²) in [5.74, 6) is -0.0251. The Morgan fingerprint density at radius 3 is 2.59 bits per heavy atom. The van der Waals surface area contributed by atoms with E-state index in [0.29, 0.717) is 17.3 Å². The Labute approximate surface area is 179 Å². The minimum absolute atomic E-state index is 0.0251. The second-order valence-corrected chi connectivity index (χ2v) is 8.70. The fourth-order valence-corrected chi connectivity index (χ4v) is 4.45. The minimum atomic E-state index is -0.0251. The van der Waals surface area contributed by atoms with Crippen LogP contribution in [0.5, 0.6) is 0 Å². The molecule has 148 valence electrons. The van der Waals surface area contributed by atoms with Crippen molar-refractivity contribution in [2.45, 2.75) is 32.4 Å². The summed E-state index contributed by atoms with van der Waals surface area (Å²) < 4.78 is 3.22. The van der Waals surface area contributed by atoms with E-state index in [2.05, 4.69) is 52.5 Å². The molecule has 0 radical (unpaired) electrons. The molecule has 0 aliphatic rings. The predicted octanol–water partition coefficient (Wildman–Crippen LogP) is 6.16. The number of nitrogens with one attached hydrogen (secondary N) is 1. The highest BCUT2D eigenvalue weighted by Gasteiger charge is 2.18. The minimum Gasteiger partial charge on any atom is -0.348 e. The maximum absolute atomic E-state index is 13.1. The first-order chi connectivity index (χ1) is 14.1. The number of benzene rings is 2. The number of hydrogen-bond donors (Lipinski definition) is 1. The van der Waals surface area contributed by atoms with E-state index < -0.39 is 0 Å². The summed E-state index contributed by atoms with van der Waals surface area (Å²) in [4.78, 5) is 13.1. The smallest absolute Gasteiger partial charge is 0.268 e. The van der Waals surface area contributed by atoms with Gasteiger partial charge in [-0.25, -0.2) is 0 Å². The first-order valence-electron chi connectivity index (χ1n) is 9.76. The van der Waals surface area contributed by atoms with Gasteiger partial charge in [0.2, 0.25) is 0 Å². The van der Waals surface area contributed by atoms with Crippen LogP contribution in [0.15, 0.2) is 72.1 Å². The van der Waals surface area contributed by atoms with Gasteiger partial charge >= 0.3 is 0 Å². The fraction of sp³-hybridized carbons (Fsp3) is 0.208. The van der Waals surface area contributed by atoms with Crippen molar-refractivity contribution in [3.63, 3.8) is 0 Å². The maximum atomic E-state index is 13.1. The molecular weight excluding hydrogens is 400 g/mol. The van der Waals surface area contributed by atoms with Gasteiger partial charge in [-0.1, -0.05) is 54.1 Å². The molecule has 2 aromatic carbocycles. The Hall–Kier alpha value is -2.56. The highest BCUT2D eigenvalue weighted by molar-refractivity contribution is 7.17. The van der Waals surface area contributed by atoms with Gasteiger partial charge in [0.05, 0.1) is 10.2 Å². The molecule has 0 saturated heterocycles.